The minimum Gasteiger partial charge on any atom is -0.352 e. The highest BCUT2D eigenvalue weighted by atomic mass is 35.5. The lowest BCUT2D eigenvalue weighted by atomic mass is 10.1. The molecule has 2 saturated heterocycles. The first-order valence-corrected chi connectivity index (χ1v) is 14.9. The van der Waals surface area contributed by atoms with Crippen molar-refractivity contribution in [2.24, 2.45) is 0 Å². The quantitative estimate of drug-likeness (QED) is 0.451. The van der Waals surface area contributed by atoms with Crippen molar-refractivity contribution in [1.82, 2.24) is 24.1 Å². The maximum absolute atomic E-state index is 14.0. The van der Waals surface area contributed by atoms with E-state index in [-0.39, 0.29) is 17.3 Å². The van der Waals surface area contributed by atoms with Gasteiger partial charge >= 0.3 is 0 Å². The Morgan fingerprint density at radius 1 is 0.974 bits per heavy atom. The highest BCUT2D eigenvalue weighted by Crippen LogP contribution is 2.25. The summed E-state index contributed by atoms with van der Waals surface area (Å²) < 4.78 is 28.4. The van der Waals surface area contributed by atoms with E-state index in [1.807, 2.05) is 49.1 Å². The number of hydrogen-bond donors (Lipinski definition) is 0. The molecule has 1 aromatic heterocycles. The van der Waals surface area contributed by atoms with Crippen LogP contribution >= 0.6 is 11.6 Å². The van der Waals surface area contributed by atoms with Gasteiger partial charge in [0.1, 0.15) is 11.9 Å². The molecule has 2 aromatic carbocycles. The number of benzene rings is 2. The molecule has 206 valence electrons. The van der Waals surface area contributed by atoms with Gasteiger partial charge in [-0.15, -0.1) is 0 Å². The minimum absolute atomic E-state index is 0.0522. The number of aromatic nitrogens is 2. The van der Waals surface area contributed by atoms with Crippen LogP contribution in [0.3, 0.4) is 0 Å². The fraction of sp³-hybridized carbons (Fsp3) is 0.393. The van der Waals surface area contributed by atoms with E-state index in [9.17, 15) is 13.2 Å². The molecule has 39 heavy (non-hydrogen) atoms. The Kier molecular flexibility index (Phi) is 8.18. The second-order valence-corrected chi connectivity index (χ2v) is 12.4. The summed E-state index contributed by atoms with van der Waals surface area (Å²) in [7, 11) is -3.80. The maximum Gasteiger partial charge on any atom is 0.243 e. The zero-order valence-electron chi connectivity index (χ0n) is 22.2. The number of amides is 1. The van der Waals surface area contributed by atoms with Gasteiger partial charge in [0.05, 0.1) is 16.3 Å². The van der Waals surface area contributed by atoms with E-state index < -0.39 is 16.1 Å². The van der Waals surface area contributed by atoms with Crippen LogP contribution in [0.15, 0.2) is 65.7 Å². The Bertz CT molecular complexity index is 1430. The largest absolute Gasteiger partial charge is 0.352 e. The molecule has 2 aliphatic rings. The number of anilines is 1. The SMILES string of the molecule is Cc1cnc(C)c(N2CCN(C(=O)C3CN(S(=O)(=O)c4cccc(Cl)c4)CCN3Cc3ccccc3)CC2)n1. The van der Waals surface area contributed by atoms with E-state index in [1.165, 1.54) is 10.4 Å². The topological polar surface area (TPSA) is 90.0 Å². The standard InChI is InChI=1S/C28H33ClN6O3S/c1-21-18-30-22(2)27(31-21)32-11-13-33(14-12-32)28(36)26-20-35(39(37,38)25-10-6-9-24(29)17-25)16-15-34(26)19-23-7-4-3-5-8-23/h3-10,17-18,26H,11-16,19-20H2,1-2H3. The molecular formula is C28H33ClN6O3S. The zero-order chi connectivity index (χ0) is 27.6. The van der Waals surface area contributed by atoms with Gasteiger partial charge < -0.3 is 9.80 Å². The van der Waals surface area contributed by atoms with E-state index in [0.29, 0.717) is 50.8 Å². The summed E-state index contributed by atoms with van der Waals surface area (Å²) in [5.41, 5.74) is 2.80. The second kappa shape index (κ2) is 11.6. The Hall–Kier alpha value is -3.05. The fourth-order valence-electron chi connectivity index (χ4n) is 5.21. The molecule has 3 aromatic rings. The summed E-state index contributed by atoms with van der Waals surface area (Å²) in [5.74, 6) is 0.799. The van der Waals surface area contributed by atoms with Gasteiger partial charge in [-0.1, -0.05) is 48.0 Å². The molecule has 0 spiro atoms. The van der Waals surface area contributed by atoms with E-state index in [2.05, 4.69) is 19.8 Å². The average Bonchev–Trinajstić information content (AvgIpc) is 2.95. The maximum atomic E-state index is 14.0. The molecule has 0 bridgehead atoms. The third-order valence-electron chi connectivity index (χ3n) is 7.34. The molecule has 0 N–H and O–H groups in total. The highest BCUT2D eigenvalue weighted by Gasteiger charge is 2.40. The predicted molar refractivity (Wildman–Crippen MR) is 151 cm³/mol. The molecule has 9 nitrogen and oxygen atoms in total. The number of halogens is 1. The molecule has 0 saturated carbocycles. The summed E-state index contributed by atoms with van der Waals surface area (Å²) in [4.78, 5) is 29.3. The minimum atomic E-state index is -3.80. The first kappa shape index (κ1) is 27.5. The van der Waals surface area contributed by atoms with Crippen LogP contribution in [0, 0.1) is 13.8 Å². The molecule has 2 aliphatic heterocycles. The molecule has 1 unspecified atom stereocenters. The van der Waals surface area contributed by atoms with Gasteiger partial charge in [0.25, 0.3) is 0 Å². The number of carbonyl (C=O) groups is 1. The smallest absolute Gasteiger partial charge is 0.243 e. The first-order valence-electron chi connectivity index (χ1n) is 13.1. The number of rotatable bonds is 6. The lowest BCUT2D eigenvalue weighted by Gasteiger charge is -2.43. The predicted octanol–water partition coefficient (Wildman–Crippen LogP) is 2.97. The lowest BCUT2D eigenvalue weighted by Crippen LogP contribution is -2.62. The van der Waals surface area contributed by atoms with Gasteiger partial charge in [0.15, 0.2) is 0 Å². The van der Waals surface area contributed by atoms with Crippen LogP contribution in [0.4, 0.5) is 5.82 Å². The molecule has 11 heteroatoms. The third-order valence-corrected chi connectivity index (χ3v) is 9.44. The van der Waals surface area contributed by atoms with Crippen molar-refractivity contribution in [2.45, 2.75) is 31.3 Å². The van der Waals surface area contributed by atoms with Gasteiger partial charge in [0.2, 0.25) is 15.9 Å². The number of hydrogen-bond acceptors (Lipinski definition) is 7. The van der Waals surface area contributed by atoms with E-state index in [1.54, 1.807) is 24.4 Å². The van der Waals surface area contributed by atoms with E-state index >= 15 is 0 Å². The van der Waals surface area contributed by atoms with Crippen molar-refractivity contribution in [3.63, 3.8) is 0 Å². The summed E-state index contributed by atoms with van der Waals surface area (Å²) in [6, 6.07) is 15.6. The summed E-state index contributed by atoms with van der Waals surface area (Å²) >= 11 is 6.09. The van der Waals surface area contributed by atoms with Crippen molar-refractivity contribution in [3.8, 4) is 0 Å². The number of aryl methyl sites for hydroxylation is 2. The van der Waals surface area contributed by atoms with Crippen LogP contribution in [0.1, 0.15) is 17.0 Å². The van der Waals surface area contributed by atoms with Crippen molar-refractivity contribution in [2.75, 3.05) is 50.7 Å². The highest BCUT2D eigenvalue weighted by molar-refractivity contribution is 7.89. The lowest BCUT2D eigenvalue weighted by molar-refractivity contribution is -0.139. The molecule has 1 amide bonds. The second-order valence-electron chi connectivity index (χ2n) is 10.0. The molecule has 3 heterocycles. The molecule has 1 atom stereocenters. The van der Waals surface area contributed by atoms with Crippen LogP contribution in [0.2, 0.25) is 5.02 Å². The molecular weight excluding hydrogens is 536 g/mol. The first-order chi connectivity index (χ1) is 18.7. The van der Waals surface area contributed by atoms with Gasteiger partial charge in [-0.05, 0) is 37.6 Å². The number of carbonyl (C=O) groups excluding carboxylic acids is 1. The Morgan fingerprint density at radius 3 is 2.44 bits per heavy atom. The van der Waals surface area contributed by atoms with Crippen molar-refractivity contribution < 1.29 is 13.2 Å². The van der Waals surface area contributed by atoms with Crippen LogP contribution in [-0.4, -0.2) is 90.3 Å². The van der Waals surface area contributed by atoms with Gasteiger partial charge in [-0.3, -0.25) is 14.7 Å². The van der Waals surface area contributed by atoms with E-state index in [0.717, 1.165) is 22.8 Å². The fourth-order valence-corrected chi connectivity index (χ4v) is 6.94. The van der Waals surface area contributed by atoms with Crippen molar-refractivity contribution in [1.29, 1.82) is 0 Å². The monoisotopic (exact) mass is 568 g/mol. The number of sulfonamides is 1. The summed E-state index contributed by atoms with van der Waals surface area (Å²) in [6.07, 6.45) is 1.76. The number of piperazine rings is 2. The Balaban J connectivity index is 1.35. The van der Waals surface area contributed by atoms with Gasteiger partial charge in [-0.25, -0.2) is 13.4 Å². The zero-order valence-corrected chi connectivity index (χ0v) is 23.8. The Labute approximate surface area is 235 Å². The molecule has 0 radical (unpaired) electrons. The molecule has 5 rings (SSSR count). The summed E-state index contributed by atoms with van der Waals surface area (Å²) in [5, 5.41) is 0.359. The van der Waals surface area contributed by atoms with Crippen LogP contribution in [-0.2, 0) is 21.4 Å². The van der Waals surface area contributed by atoms with Gasteiger partial charge in [0, 0.05) is 63.6 Å². The number of nitrogens with zero attached hydrogens (tertiary/aromatic N) is 6. The van der Waals surface area contributed by atoms with Crippen LogP contribution in [0.5, 0.6) is 0 Å². The third kappa shape index (κ3) is 6.09. The summed E-state index contributed by atoms with van der Waals surface area (Å²) in [6.45, 7) is 7.61. The van der Waals surface area contributed by atoms with Crippen molar-refractivity contribution in [3.05, 3.63) is 82.8 Å². The average molecular weight is 569 g/mol. The molecule has 0 aliphatic carbocycles. The van der Waals surface area contributed by atoms with E-state index in [4.69, 9.17) is 11.6 Å². The van der Waals surface area contributed by atoms with Gasteiger partial charge in [-0.2, -0.15) is 4.31 Å². The Morgan fingerprint density at radius 2 is 1.72 bits per heavy atom. The van der Waals surface area contributed by atoms with Crippen LogP contribution < -0.4 is 4.90 Å². The normalized spacial score (nSPS) is 19.3. The van der Waals surface area contributed by atoms with Crippen molar-refractivity contribution >= 4 is 33.3 Å². The molecule has 2 fully saturated rings. The van der Waals surface area contributed by atoms with Crippen LogP contribution in [0.25, 0.3) is 0 Å².